The van der Waals surface area contributed by atoms with Gasteiger partial charge in [0.1, 0.15) is 59.2 Å². The minimum atomic E-state index is -1.83. The van der Waals surface area contributed by atoms with Crippen LogP contribution in [0.3, 0.4) is 0 Å². The van der Waals surface area contributed by atoms with Crippen molar-refractivity contribution in [3.05, 3.63) is 52.9 Å². The van der Waals surface area contributed by atoms with Gasteiger partial charge in [0.15, 0.2) is 6.10 Å². The number of carbonyl (C=O) groups is 2. The Kier molecular flexibility index (Phi) is 7.31. The van der Waals surface area contributed by atoms with Crippen molar-refractivity contribution in [1.29, 1.82) is 0 Å². The number of benzene rings is 2. The molecule has 1 saturated heterocycles. The fourth-order valence-electron chi connectivity index (χ4n) is 3.84. The molecule has 6 N–H and O–H groups in total. The summed E-state index contributed by atoms with van der Waals surface area (Å²) in [5, 5.41) is 58.7. The van der Waals surface area contributed by atoms with Gasteiger partial charge in [0.05, 0.1) is 12.2 Å². The van der Waals surface area contributed by atoms with Gasteiger partial charge in [-0.3, -0.25) is 14.4 Å². The molecule has 0 unspecified atom stereocenters. The van der Waals surface area contributed by atoms with Crippen LogP contribution in [0.2, 0.25) is 0 Å². The summed E-state index contributed by atoms with van der Waals surface area (Å²) in [7, 11) is 0. The normalized spacial score (nSPS) is 23.5. The van der Waals surface area contributed by atoms with Crippen LogP contribution in [0.15, 0.2) is 51.9 Å². The number of hydrogen-bond acceptors (Lipinski definition) is 12. The van der Waals surface area contributed by atoms with E-state index in [9.17, 15) is 39.9 Å². The van der Waals surface area contributed by atoms with Gasteiger partial charge in [-0.1, -0.05) is 12.1 Å². The molecule has 1 aliphatic rings. The average Bonchev–Trinajstić information content (AvgIpc) is 2.84. The van der Waals surface area contributed by atoms with Crippen molar-refractivity contribution in [3.8, 4) is 28.4 Å². The molecule has 1 aliphatic heterocycles. The predicted molar refractivity (Wildman–Crippen MR) is 122 cm³/mol. The minimum absolute atomic E-state index is 0.00323. The Morgan fingerprint density at radius 3 is 2.38 bits per heavy atom. The van der Waals surface area contributed by atoms with Crippen molar-refractivity contribution in [2.75, 3.05) is 6.61 Å². The first kappa shape index (κ1) is 25.9. The molecule has 2 aromatic carbocycles. The van der Waals surface area contributed by atoms with E-state index in [0.717, 1.165) is 12.3 Å². The zero-order valence-electron chi connectivity index (χ0n) is 18.9. The molecule has 0 bridgehead atoms. The molecule has 13 heteroatoms. The lowest BCUT2D eigenvalue weighted by atomic mass is 9.99. The largest absolute Gasteiger partial charge is 0.508 e. The lowest BCUT2D eigenvalue weighted by molar-refractivity contribution is -0.282. The second kappa shape index (κ2) is 10.4. The zero-order chi connectivity index (χ0) is 26.9. The highest BCUT2D eigenvalue weighted by Gasteiger charge is 2.48. The van der Waals surface area contributed by atoms with Crippen molar-refractivity contribution in [2.24, 2.45) is 0 Å². The summed E-state index contributed by atoms with van der Waals surface area (Å²) in [4.78, 5) is 35.7. The molecule has 2 heterocycles. The van der Waals surface area contributed by atoms with Crippen LogP contribution in [0.25, 0.3) is 22.1 Å². The first-order valence-electron chi connectivity index (χ1n) is 10.9. The molecule has 0 radical (unpaired) electrons. The molecule has 1 aromatic heterocycles. The SMILES string of the molecule is O=C(O)CC(=O)O[C@H]1[C@H](Oc2cc(O)c3c(=O)c(-c4ccc(O)cc4)coc3c2)O[C@H](CO)[C@@H](O)[C@@H]1O. The van der Waals surface area contributed by atoms with Crippen LogP contribution in [0.4, 0.5) is 0 Å². The number of fused-ring (bicyclic) bond motifs is 1. The van der Waals surface area contributed by atoms with Gasteiger partial charge in [-0.05, 0) is 17.7 Å². The predicted octanol–water partition coefficient (Wildman–Crippen LogP) is 0.0755. The summed E-state index contributed by atoms with van der Waals surface area (Å²) in [6, 6.07) is 7.98. The Hall–Kier alpha value is -4.17. The summed E-state index contributed by atoms with van der Waals surface area (Å²) in [6.07, 6.45) is -8.15. The van der Waals surface area contributed by atoms with E-state index in [1.54, 1.807) is 0 Å². The van der Waals surface area contributed by atoms with Crippen molar-refractivity contribution < 1.29 is 58.9 Å². The molecule has 0 aliphatic carbocycles. The van der Waals surface area contributed by atoms with E-state index in [2.05, 4.69) is 0 Å². The first-order chi connectivity index (χ1) is 17.6. The van der Waals surface area contributed by atoms with E-state index >= 15 is 0 Å². The Labute approximate surface area is 207 Å². The standard InChI is InChI=1S/C24H22O13/c25-8-16-21(32)22(33)23(37-18(30)7-17(28)29)24(36-16)35-12-5-14(27)19-15(6-12)34-9-13(20(19)31)10-1-3-11(26)4-2-10/h1-6,9,16,21-27,32-33H,7-8H2,(H,28,29)/t16-,21-,22+,23-,24-/m1/s1. The number of aliphatic hydroxyl groups excluding tert-OH is 3. The number of aliphatic carboxylic acids is 1. The fourth-order valence-corrected chi connectivity index (χ4v) is 3.84. The second-order valence-corrected chi connectivity index (χ2v) is 8.19. The van der Waals surface area contributed by atoms with Crippen LogP contribution < -0.4 is 10.2 Å². The van der Waals surface area contributed by atoms with Gasteiger partial charge in [-0.15, -0.1) is 0 Å². The van der Waals surface area contributed by atoms with E-state index in [0.29, 0.717) is 5.56 Å². The average molecular weight is 518 g/mol. The number of carbonyl (C=O) groups excluding carboxylic acids is 1. The van der Waals surface area contributed by atoms with Crippen LogP contribution in [0, 0.1) is 0 Å². The van der Waals surface area contributed by atoms with Crippen LogP contribution in [-0.2, 0) is 19.1 Å². The highest BCUT2D eigenvalue weighted by molar-refractivity contribution is 5.90. The van der Waals surface area contributed by atoms with Gasteiger partial charge in [0, 0.05) is 12.1 Å². The lowest BCUT2D eigenvalue weighted by Gasteiger charge is -2.41. The third kappa shape index (κ3) is 5.34. The summed E-state index contributed by atoms with van der Waals surface area (Å²) < 4.78 is 21.5. The fraction of sp³-hybridized carbons (Fsp3) is 0.292. The Morgan fingerprint density at radius 1 is 1.03 bits per heavy atom. The molecule has 0 spiro atoms. The lowest BCUT2D eigenvalue weighted by Crippen LogP contribution is -2.61. The highest BCUT2D eigenvalue weighted by atomic mass is 16.7. The highest BCUT2D eigenvalue weighted by Crippen LogP contribution is 2.33. The van der Waals surface area contributed by atoms with Crippen molar-refractivity contribution in [3.63, 3.8) is 0 Å². The van der Waals surface area contributed by atoms with Crippen LogP contribution in [0.1, 0.15) is 6.42 Å². The monoisotopic (exact) mass is 518 g/mol. The van der Waals surface area contributed by atoms with Crippen molar-refractivity contribution in [2.45, 2.75) is 37.1 Å². The number of phenolic OH excluding ortho intramolecular Hbond substituents is 2. The van der Waals surface area contributed by atoms with Gasteiger partial charge >= 0.3 is 11.9 Å². The van der Waals surface area contributed by atoms with Gasteiger partial charge < -0.3 is 49.3 Å². The van der Waals surface area contributed by atoms with E-state index in [1.165, 1.54) is 30.3 Å². The quantitative estimate of drug-likeness (QED) is 0.181. The molecule has 5 atom stereocenters. The molecular weight excluding hydrogens is 496 g/mol. The summed E-state index contributed by atoms with van der Waals surface area (Å²) in [5.41, 5.74) is -0.140. The van der Waals surface area contributed by atoms with Gasteiger partial charge in [-0.2, -0.15) is 0 Å². The number of aromatic hydroxyl groups is 2. The van der Waals surface area contributed by atoms with Crippen molar-refractivity contribution in [1.82, 2.24) is 0 Å². The molecule has 3 aromatic rings. The van der Waals surface area contributed by atoms with Gasteiger partial charge in [0.2, 0.25) is 11.7 Å². The molecule has 4 rings (SSSR count). The number of carboxylic acid groups (broad SMARTS) is 1. The number of esters is 1. The smallest absolute Gasteiger partial charge is 0.317 e. The maximum Gasteiger partial charge on any atom is 0.317 e. The maximum absolute atomic E-state index is 13.0. The van der Waals surface area contributed by atoms with Crippen LogP contribution >= 0.6 is 0 Å². The van der Waals surface area contributed by atoms with E-state index in [4.69, 9.17) is 23.7 Å². The maximum atomic E-state index is 13.0. The summed E-state index contributed by atoms with van der Waals surface area (Å²) >= 11 is 0. The third-order valence-electron chi connectivity index (χ3n) is 5.65. The van der Waals surface area contributed by atoms with E-state index < -0.39 is 66.9 Å². The number of phenols is 2. The molecule has 37 heavy (non-hydrogen) atoms. The zero-order valence-corrected chi connectivity index (χ0v) is 18.9. The summed E-state index contributed by atoms with van der Waals surface area (Å²) in [6.45, 7) is -0.744. The molecule has 1 fully saturated rings. The van der Waals surface area contributed by atoms with Crippen LogP contribution in [0.5, 0.6) is 17.2 Å². The number of ether oxygens (including phenoxy) is 3. The van der Waals surface area contributed by atoms with E-state index in [1.807, 2.05) is 0 Å². The van der Waals surface area contributed by atoms with Gasteiger partial charge in [-0.25, -0.2) is 0 Å². The number of rotatable bonds is 7. The topological polar surface area (TPSA) is 213 Å². The Morgan fingerprint density at radius 2 is 1.73 bits per heavy atom. The van der Waals surface area contributed by atoms with E-state index in [-0.39, 0.29) is 28.0 Å². The molecular formula is C24H22O13. The molecule has 196 valence electrons. The number of carboxylic acids is 1. The molecule has 0 saturated carbocycles. The number of hydrogen-bond donors (Lipinski definition) is 6. The van der Waals surface area contributed by atoms with Crippen molar-refractivity contribution >= 4 is 22.9 Å². The minimum Gasteiger partial charge on any atom is -0.508 e. The Balaban J connectivity index is 1.66. The Bertz CT molecular complexity index is 1360. The third-order valence-corrected chi connectivity index (χ3v) is 5.65. The second-order valence-electron chi connectivity index (χ2n) is 8.19. The van der Waals surface area contributed by atoms with Gasteiger partial charge in [0.25, 0.3) is 0 Å². The molecule has 13 nitrogen and oxygen atoms in total. The number of aliphatic hydroxyl groups is 3. The molecule has 0 amide bonds. The summed E-state index contributed by atoms with van der Waals surface area (Å²) in [5.74, 6) is -3.47. The van der Waals surface area contributed by atoms with Crippen LogP contribution in [-0.4, -0.2) is 79.9 Å². The first-order valence-corrected chi connectivity index (χ1v) is 10.9.